The Morgan fingerprint density at radius 1 is 1.12 bits per heavy atom. The minimum absolute atomic E-state index is 0.334. The number of benzene rings is 1. The maximum Gasteiger partial charge on any atom is 0.338 e. The second kappa shape index (κ2) is 9.11. The Bertz CT molecular complexity index is 637. The van der Waals surface area contributed by atoms with Crippen molar-refractivity contribution in [1.82, 2.24) is 10.6 Å². The molecule has 1 aromatic rings. The highest BCUT2D eigenvalue weighted by Gasteiger charge is 2.32. The SMILES string of the molecule is CCCCOC(=O)C1=C(C)NC(=O)NC1c1ccc(OCCC)cc1. The molecule has 0 fully saturated rings. The average molecular weight is 346 g/mol. The van der Waals surface area contributed by atoms with E-state index in [9.17, 15) is 9.59 Å². The number of allylic oxidation sites excluding steroid dienone is 1. The largest absolute Gasteiger partial charge is 0.494 e. The summed E-state index contributed by atoms with van der Waals surface area (Å²) < 4.78 is 10.9. The Labute approximate surface area is 148 Å². The highest BCUT2D eigenvalue weighted by Crippen LogP contribution is 2.28. The zero-order valence-electron chi connectivity index (χ0n) is 15.1. The van der Waals surface area contributed by atoms with Gasteiger partial charge in [0.25, 0.3) is 0 Å². The van der Waals surface area contributed by atoms with E-state index in [1.807, 2.05) is 38.1 Å². The van der Waals surface area contributed by atoms with E-state index in [0.717, 1.165) is 30.6 Å². The summed E-state index contributed by atoms with van der Waals surface area (Å²) in [6.07, 6.45) is 2.69. The van der Waals surface area contributed by atoms with Crippen LogP contribution in [0.2, 0.25) is 0 Å². The first-order valence-electron chi connectivity index (χ1n) is 8.75. The topological polar surface area (TPSA) is 76.7 Å². The summed E-state index contributed by atoms with van der Waals surface area (Å²) in [5.74, 6) is 0.355. The van der Waals surface area contributed by atoms with Gasteiger partial charge in [0.15, 0.2) is 0 Å². The number of carbonyl (C=O) groups is 2. The quantitative estimate of drug-likeness (QED) is 0.558. The predicted octanol–water partition coefficient (Wildman–Crippen LogP) is 3.45. The van der Waals surface area contributed by atoms with E-state index < -0.39 is 12.0 Å². The molecule has 0 saturated heterocycles. The molecule has 1 aliphatic heterocycles. The van der Waals surface area contributed by atoms with Crippen LogP contribution in [0.15, 0.2) is 35.5 Å². The molecule has 1 atom stereocenters. The maximum atomic E-state index is 12.5. The molecule has 136 valence electrons. The van der Waals surface area contributed by atoms with Crippen molar-refractivity contribution in [3.63, 3.8) is 0 Å². The molecule has 2 N–H and O–H groups in total. The Balaban J connectivity index is 2.21. The van der Waals surface area contributed by atoms with Crippen LogP contribution in [-0.2, 0) is 9.53 Å². The van der Waals surface area contributed by atoms with Crippen LogP contribution >= 0.6 is 0 Å². The normalized spacial score (nSPS) is 16.9. The van der Waals surface area contributed by atoms with Gasteiger partial charge in [-0.3, -0.25) is 0 Å². The number of hydrogen-bond donors (Lipinski definition) is 2. The Kier molecular flexibility index (Phi) is 6.86. The van der Waals surface area contributed by atoms with Gasteiger partial charge in [0.1, 0.15) is 5.75 Å². The third kappa shape index (κ3) is 4.98. The standard InChI is InChI=1S/C19H26N2O4/c1-4-6-12-25-18(22)16-13(3)20-19(23)21-17(16)14-7-9-15(10-8-14)24-11-5-2/h7-10,17H,4-6,11-12H2,1-3H3,(H2,20,21,23). The number of nitrogens with one attached hydrogen (secondary N) is 2. The molecule has 0 radical (unpaired) electrons. The van der Waals surface area contributed by atoms with E-state index in [1.165, 1.54) is 0 Å². The first-order chi connectivity index (χ1) is 12.1. The van der Waals surface area contributed by atoms with Crippen LogP contribution in [0.25, 0.3) is 0 Å². The maximum absolute atomic E-state index is 12.5. The Morgan fingerprint density at radius 2 is 1.84 bits per heavy atom. The van der Waals surface area contributed by atoms with Crippen LogP contribution < -0.4 is 15.4 Å². The van der Waals surface area contributed by atoms with Crippen molar-refractivity contribution in [3.8, 4) is 5.75 Å². The third-order valence-electron chi connectivity index (χ3n) is 3.91. The average Bonchev–Trinajstić information content (AvgIpc) is 2.59. The fraction of sp³-hybridized carbons (Fsp3) is 0.474. The van der Waals surface area contributed by atoms with Gasteiger partial charge in [-0.25, -0.2) is 9.59 Å². The molecule has 2 amide bonds. The van der Waals surface area contributed by atoms with Crippen LogP contribution in [0.3, 0.4) is 0 Å². The number of urea groups is 1. The Hall–Kier alpha value is -2.50. The van der Waals surface area contributed by atoms with Gasteiger partial charge >= 0.3 is 12.0 Å². The second-order valence-corrected chi connectivity index (χ2v) is 5.98. The zero-order valence-corrected chi connectivity index (χ0v) is 15.1. The van der Waals surface area contributed by atoms with Crippen LogP contribution in [0, 0.1) is 0 Å². The molecular weight excluding hydrogens is 320 g/mol. The van der Waals surface area contributed by atoms with Gasteiger partial charge in [0.05, 0.1) is 24.8 Å². The molecule has 1 unspecified atom stereocenters. The summed E-state index contributed by atoms with van der Waals surface area (Å²) in [5, 5.41) is 5.44. The van der Waals surface area contributed by atoms with Crippen molar-refractivity contribution in [3.05, 3.63) is 41.1 Å². The number of unbranched alkanes of at least 4 members (excludes halogenated alkanes) is 1. The summed E-state index contributed by atoms with van der Waals surface area (Å²) in [6, 6.07) is 6.52. The fourth-order valence-electron chi connectivity index (χ4n) is 2.58. The number of rotatable bonds is 8. The lowest BCUT2D eigenvalue weighted by Gasteiger charge is -2.28. The van der Waals surface area contributed by atoms with E-state index >= 15 is 0 Å². The van der Waals surface area contributed by atoms with Crippen molar-refractivity contribution in [2.24, 2.45) is 0 Å². The molecular formula is C19H26N2O4. The number of esters is 1. The number of ether oxygens (including phenoxy) is 2. The number of carbonyl (C=O) groups excluding carboxylic acids is 2. The summed E-state index contributed by atoms with van der Waals surface area (Å²) in [7, 11) is 0. The summed E-state index contributed by atoms with van der Waals surface area (Å²) in [6.45, 7) is 6.81. The van der Waals surface area contributed by atoms with Crippen molar-refractivity contribution in [1.29, 1.82) is 0 Å². The highest BCUT2D eigenvalue weighted by atomic mass is 16.5. The van der Waals surface area contributed by atoms with Crippen LogP contribution in [-0.4, -0.2) is 25.2 Å². The first-order valence-corrected chi connectivity index (χ1v) is 8.75. The lowest BCUT2D eigenvalue weighted by Crippen LogP contribution is -2.45. The Morgan fingerprint density at radius 3 is 2.48 bits per heavy atom. The molecule has 1 aromatic carbocycles. The smallest absolute Gasteiger partial charge is 0.338 e. The molecule has 6 heteroatoms. The summed E-state index contributed by atoms with van der Waals surface area (Å²) in [4.78, 5) is 24.3. The predicted molar refractivity (Wildman–Crippen MR) is 95.2 cm³/mol. The van der Waals surface area contributed by atoms with Crippen molar-refractivity contribution >= 4 is 12.0 Å². The molecule has 0 aromatic heterocycles. The molecule has 0 bridgehead atoms. The van der Waals surface area contributed by atoms with Gasteiger partial charge in [0.2, 0.25) is 0 Å². The fourth-order valence-corrected chi connectivity index (χ4v) is 2.58. The highest BCUT2D eigenvalue weighted by molar-refractivity contribution is 5.95. The molecule has 25 heavy (non-hydrogen) atoms. The lowest BCUT2D eigenvalue weighted by atomic mass is 9.95. The second-order valence-electron chi connectivity index (χ2n) is 5.98. The first kappa shape index (κ1) is 18.8. The lowest BCUT2D eigenvalue weighted by molar-refractivity contribution is -0.139. The van der Waals surface area contributed by atoms with Gasteiger partial charge in [-0.05, 0) is 37.5 Å². The van der Waals surface area contributed by atoms with E-state index in [0.29, 0.717) is 24.5 Å². The molecule has 0 saturated carbocycles. The molecule has 0 aliphatic carbocycles. The summed E-state index contributed by atoms with van der Waals surface area (Å²) in [5.41, 5.74) is 1.75. The number of hydrogen-bond acceptors (Lipinski definition) is 4. The van der Waals surface area contributed by atoms with Crippen molar-refractivity contribution in [2.75, 3.05) is 13.2 Å². The molecule has 6 nitrogen and oxygen atoms in total. The molecule has 1 heterocycles. The minimum atomic E-state index is -0.539. The monoisotopic (exact) mass is 346 g/mol. The van der Waals surface area contributed by atoms with Gasteiger partial charge in [-0.15, -0.1) is 0 Å². The van der Waals surface area contributed by atoms with Gasteiger partial charge in [0, 0.05) is 5.70 Å². The zero-order chi connectivity index (χ0) is 18.2. The van der Waals surface area contributed by atoms with Gasteiger partial charge in [-0.1, -0.05) is 32.4 Å². The van der Waals surface area contributed by atoms with Crippen LogP contribution in [0.4, 0.5) is 4.79 Å². The molecule has 0 spiro atoms. The minimum Gasteiger partial charge on any atom is -0.494 e. The summed E-state index contributed by atoms with van der Waals surface area (Å²) >= 11 is 0. The van der Waals surface area contributed by atoms with Crippen LogP contribution in [0.5, 0.6) is 5.75 Å². The molecule has 1 aliphatic rings. The van der Waals surface area contributed by atoms with Crippen molar-refractivity contribution < 1.29 is 19.1 Å². The van der Waals surface area contributed by atoms with Crippen molar-refractivity contribution in [2.45, 2.75) is 46.1 Å². The van der Waals surface area contributed by atoms with E-state index in [-0.39, 0.29) is 6.03 Å². The molecule has 2 rings (SSSR count). The van der Waals surface area contributed by atoms with E-state index in [4.69, 9.17) is 9.47 Å². The van der Waals surface area contributed by atoms with Gasteiger partial charge < -0.3 is 20.1 Å². The van der Waals surface area contributed by atoms with Gasteiger partial charge in [-0.2, -0.15) is 0 Å². The van der Waals surface area contributed by atoms with E-state index in [1.54, 1.807) is 6.92 Å². The number of amides is 2. The van der Waals surface area contributed by atoms with Crippen LogP contribution in [0.1, 0.15) is 51.6 Å². The third-order valence-corrected chi connectivity index (χ3v) is 3.91. The van der Waals surface area contributed by atoms with E-state index in [2.05, 4.69) is 10.6 Å².